The Morgan fingerprint density at radius 1 is 1.26 bits per heavy atom. The Kier molecular flexibility index (Phi) is 10.5. The van der Waals surface area contributed by atoms with Gasteiger partial charge in [0.05, 0.1) is 10.0 Å². The molecule has 1 fully saturated rings. The predicted octanol–water partition coefficient (Wildman–Crippen LogP) is 3.09. The van der Waals surface area contributed by atoms with Gasteiger partial charge in [0.1, 0.15) is 6.04 Å². The van der Waals surface area contributed by atoms with Gasteiger partial charge in [-0.3, -0.25) is 9.59 Å². The average Bonchev–Trinajstić information content (AvgIpc) is 2.68. The molecule has 0 radical (unpaired) electrons. The van der Waals surface area contributed by atoms with Crippen LogP contribution in [0.4, 0.5) is 13.2 Å². The van der Waals surface area contributed by atoms with Crippen molar-refractivity contribution in [2.24, 2.45) is 5.92 Å². The monoisotopic (exact) mass is 485 g/mol. The van der Waals surface area contributed by atoms with Crippen LogP contribution in [0.1, 0.15) is 25.8 Å². The highest BCUT2D eigenvalue weighted by molar-refractivity contribution is 6.42. The van der Waals surface area contributed by atoms with Crippen LogP contribution >= 0.6 is 23.2 Å². The maximum Gasteiger partial charge on any atom is 0.490 e. The minimum absolute atomic E-state index is 0.0289. The molecule has 0 unspecified atom stereocenters. The molecule has 7 nitrogen and oxygen atoms in total. The highest BCUT2D eigenvalue weighted by Crippen LogP contribution is 2.22. The number of halogens is 5. The van der Waals surface area contributed by atoms with Crippen LogP contribution in [-0.4, -0.2) is 59.6 Å². The van der Waals surface area contributed by atoms with Gasteiger partial charge in [0.2, 0.25) is 11.8 Å². The lowest BCUT2D eigenvalue weighted by Crippen LogP contribution is -2.59. The van der Waals surface area contributed by atoms with Crippen LogP contribution in [0.15, 0.2) is 18.2 Å². The van der Waals surface area contributed by atoms with Gasteiger partial charge in [0.15, 0.2) is 0 Å². The molecule has 3 N–H and O–H groups in total. The fraction of sp³-hybridized carbons (Fsp3) is 0.526. The Morgan fingerprint density at radius 3 is 2.39 bits per heavy atom. The van der Waals surface area contributed by atoms with E-state index in [4.69, 9.17) is 33.1 Å². The summed E-state index contributed by atoms with van der Waals surface area (Å²) < 4.78 is 31.7. The molecule has 1 heterocycles. The SMILES string of the molecule is CC(C)CC(=O)N1CCNC[C@@H]1C(=O)NCc1ccc(Cl)c(Cl)c1.O=C(O)C(F)(F)F. The lowest BCUT2D eigenvalue weighted by atomic mass is 10.1. The molecule has 0 aromatic heterocycles. The van der Waals surface area contributed by atoms with E-state index in [0.29, 0.717) is 42.6 Å². The van der Waals surface area contributed by atoms with E-state index in [1.54, 1.807) is 17.0 Å². The van der Waals surface area contributed by atoms with Gasteiger partial charge in [-0.1, -0.05) is 43.1 Å². The number of piperazine rings is 1. The van der Waals surface area contributed by atoms with Crippen molar-refractivity contribution in [3.63, 3.8) is 0 Å². The molecule has 1 saturated heterocycles. The van der Waals surface area contributed by atoms with E-state index in [-0.39, 0.29) is 17.7 Å². The smallest absolute Gasteiger partial charge is 0.475 e. The van der Waals surface area contributed by atoms with Crippen molar-refractivity contribution < 1.29 is 32.7 Å². The summed E-state index contributed by atoms with van der Waals surface area (Å²) in [6.07, 6.45) is -4.63. The summed E-state index contributed by atoms with van der Waals surface area (Å²) in [4.78, 5) is 35.5. The molecule has 0 bridgehead atoms. The summed E-state index contributed by atoms with van der Waals surface area (Å²) in [5.41, 5.74) is 0.863. The first-order valence-electron chi connectivity index (χ1n) is 9.34. The zero-order valence-electron chi connectivity index (χ0n) is 16.9. The van der Waals surface area contributed by atoms with Gasteiger partial charge in [-0.05, 0) is 23.6 Å². The van der Waals surface area contributed by atoms with Gasteiger partial charge in [0.25, 0.3) is 0 Å². The topological polar surface area (TPSA) is 98.7 Å². The summed E-state index contributed by atoms with van der Waals surface area (Å²) >= 11 is 11.9. The lowest BCUT2D eigenvalue weighted by molar-refractivity contribution is -0.192. The van der Waals surface area contributed by atoms with Crippen LogP contribution in [0.2, 0.25) is 10.0 Å². The summed E-state index contributed by atoms with van der Waals surface area (Å²) in [5, 5.41) is 14.1. The van der Waals surface area contributed by atoms with Gasteiger partial charge in [0, 0.05) is 32.6 Å². The molecule has 0 aliphatic carbocycles. The van der Waals surface area contributed by atoms with Crippen molar-refractivity contribution in [1.82, 2.24) is 15.5 Å². The fourth-order valence-electron chi connectivity index (χ4n) is 2.66. The lowest BCUT2D eigenvalue weighted by Gasteiger charge is -2.35. The molecular formula is C19H24Cl2F3N3O4. The molecule has 174 valence electrons. The number of nitrogens with zero attached hydrogens (tertiary/aromatic N) is 1. The molecule has 2 amide bonds. The minimum Gasteiger partial charge on any atom is -0.475 e. The van der Waals surface area contributed by atoms with Crippen molar-refractivity contribution in [2.45, 2.75) is 39.0 Å². The second-order valence-electron chi connectivity index (χ2n) is 7.17. The zero-order valence-corrected chi connectivity index (χ0v) is 18.4. The summed E-state index contributed by atoms with van der Waals surface area (Å²) in [5.74, 6) is -2.62. The Bertz CT molecular complexity index is 791. The van der Waals surface area contributed by atoms with E-state index >= 15 is 0 Å². The van der Waals surface area contributed by atoms with E-state index < -0.39 is 18.2 Å². The molecule has 12 heteroatoms. The standard InChI is InChI=1S/C17H23Cl2N3O2.C2HF3O2/c1-11(2)7-16(23)22-6-5-20-10-15(22)17(24)21-9-12-3-4-13(18)14(19)8-12;3-2(4,5)1(6)7/h3-4,8,11,15,20H,5-7,9-10H2,1-2H3,(H,21,24);(H,6,7)/t15-;/m1./s1. The highest BCUT2D eigenvalue weighted by atomic mass is 35.5. The van der Waals surface area contributed by atoms with Crippen molar-refractivity contribution in [1.29, 1.82) is 0 Å². The van der Waals surface area contributed by atoms with Gasteiger partial charge in [-0.2, -0.15) is 13.2 Å². The zero-order chi connectivity index (χ0) is 23.8. The van der Waals surface area contributed by atoms with Crippen LogP contribution in [0.5, 0.6) is 0 Å². The van der Waals surface area contributed by atoms with Crippen LogP contribution in [0.3, 0.4) is 0 Å². The third-order valence-electron chi connectivity index (χ3n) is 4.14. The Hall–Kier alpha value is -2.04. The number of hydrogen-bond acceptors (Lipinski definition) is 4. The molecule has 1 aliphatic rings. The molecule has 1 aliphatic heterocycles. The summed E-state index contributed by atoms with van der Waals surface area (Å²) in [7, 11) is 0. The van der Waals surface area contributed by atoms with Crippen LogP contribution in [0, 0.1) is 5.92 Å². The van der Waals surface area contributed by atoms with Crippen molar-refractivity contribution in [3.8, 4) is 0 Å². The predicted molar refractivity (Wildman–Crippen MR) is 110 cm³/mol. The largest absolute Gasteiger partial charge is 0.490 e. The first kappa shape index (κ1) is 27.0. The molecule has 31 heavy (non-hydrogen) atoms. The van der Waals surface area contributed by atoms with Crippen molar-refractivity contribution in [2.75, 3.05) is 19.6 Å². The Balaban J connectivity index is 0.000000592. The number of alkyl halides is 3. The fourth-order valence-corrected chi connectivity index (χ4v) is 2.98. The second kappa shape index (κ2) is 12.1. The van der Waals surface area contributed by atoms with Gasteiger partial charge < -0.3 is 20.6 Å². The number of aliphatic carboxylic acids is 1. The normalized spacial score (nSPS) is 16.4. The van der Waals surface area contributed by atoms with Crippen LogP contribution < -0.4 is 10.6 Å². The van der Waals surface area contributed by atoms with Crippen molar-refractivity contribution >= 4 is 41.0 Å². The number of rotatable bonds is 5. The number of benzene rings is 1. The summed E-state index contributed by atoms with van der Waals surface area (Å²) in [6.45, 7) is 6.07. The number of carbonyl (C=O) groups is 3. The molecule has 2 rings (SSSR count). The third kappa shape index (κ3) is 9.32. The maximum atomic E-state index is 12.5. The molecule has 1 aromatic rings. The highest BCUT2D eigenvalue weighted by Gasteiger charge is 2.38. The van der Waals surface area contributed by atoms with E-state index in [2.05, 4.69) is 10.6 Å². The second-order valence-corrected chi connectivity index (χ2v) is 7.99. The van der Waals surface area contributed by atoms with Crippen molar-refractivity contribution in [3.05, 3.63) is 33.8 Å². The number of amides is 2. The van der Waals surface area contributed by atoms with Gasteiger partial charge in [-0.15, -0.1) is 0 Å². The quantitative estimate of drug-likeness (QED) is 0.595. The number of carboxylic acid groups (broad SMARTS) is 1. The number of carboxylic acids is 1. The maximum absolute atomic E-state index is 12.5. The molecular weight excluding hydrogens is 462 g/mol. The first-order chi connectivity index (χ1) is 14.3. The van der Waals surface area contributed by atoms with E-state index in [1.165, 1.54) is 0 Å². The van der Waals surface area contributed by atoms with E-state index in [1.807, 2.05) is 19.9 Å². The summed E-state index contributed by atoms with van der Waals surface area (Å²) in [6, 6.07) is 4.76. The molecule has 0 spiro atoms. The molecule has 0 saturated carbocycles. The number of hydrogen-bond donors (Lipinski definition) is 3. The molecule has 1 atom stereocenters. The minimum atomic E-state index is -5.08. The molecule has 1 aromatic carbocycles. The van der Waals surface area contributed by atoms with E-state index in [0.717, 1.165) is 5.56 Å². The van der Waals surface area contributed by atoms with Crippen LogP contribution in [-0.2, 0) is 20.9 Å². The number of nitrogens with one attached hydrogen (secondary N) is 2. The Morgan fingerprint density at radius 2 is 1.87 bits per heavy atom. The number of carbonyl (C=O) groups excluding carboxylic acids is 2. The van der Waals surface area contributed by atoms with Gasteiger partial charge >= 0.3 is 12.1 Å². The first-order valence-corrected chi connectivity index (χ1v) is 10.1. The Labute approximate surface area is 187 Å². The van der Waals surface area contributed by atoms with Crippen LogP contribution in [0.25, 0.3) is 0 Å². The van der Waals surface area contributed by atoms with E-state index in [9.17, 15) is 22.8 Å². The third-order valence-corrected chi connectivity index (χ3v) is 4.88. The average molecular weight is 486 g/mol. The van der Waals surface area contributed by atoms with Gasteiger partial charge in [-0.25, -0.2) is 4.79 Å².